The topological polar surface area (TPSA) is 103 Å². The molecule has 2 aromatic heterocycles. The van der Waals surface area contributed by atoms with Crippen LogP contribution in [0.15, 0.2) is 24.4 Å². The third kappa shape index (κ3) is 3.40. The molecule has 5 rings (SSSR count). The number of aryl methyl sites for hydroxylation is 2. The normalized spacial score (nSPS) is 19.1. The van der Waals surface area contributed by atoms with Crippen molar-refractivity contribution in [3.05, 3.63) is 52.9 Å². The van der Waals surface area contributed by atoms with Gasteiger partial charge in [-0.2, -0.15) is 10.4 Å². The van der Waals surface area contributed by atoms with Gasteiger partial charge >= 0.3 is 0 Å². The molecule has 2 N–H and O–H groups in total. The van der Waals surface area contributed by atoms with Crippen LogP contribution >= 0.6 is 0 Å². The Morgan fingerprint density at radius 2 is 2.13 bits per heavy atom. The highest BCUT2D eigenvalue weighted by Crippen LogP contribution is 2.46. The molecule has 158 valence electrons. The van der Waals surface area contributed by atoms with E-state index in [1.54, 1.807) is 30.1 Å². The number of hydrogen-bond acceptors (Lipinski definition) is 6. The molecule has 1 fully saturated rings. The van der Waals surface area contributed by atoms with E-state index in [9.17, 15) is 9.65 Å². The Balaban J connectivity index is 1.69. The van der Waals surface area contributed by atoms with Crippen LogP contribution in [-0.2, 0) is 19.9 Å². The highest BCUT2D eigenvalue weighted by atomic mass is 19.1. The molecule has 1 spiro atoms. The lowest BCUT2D eigenvalue weighted by atomic mass is 9.94. The summed E-state index contributed by atoms with van der Waals surface area (Å²) >= 11 is 0. The Morgan fingerprint density at radius 3 is 2.87 bits per heavy atom. The lowest BCUT2D eigenvalue weighted by molar-refractivity contribution is 0.175. The Hall–Kier alpha value is -3.47. The van der Waals surface area contributed by atoms with E-state index in [1.165, 1.54) is 6.07 Å². The van der Waals surface area contributed by atoms with Gasteiger partial charge in [-0.3, -0.25) is 4.68 Å². The van der Waals surface area contributed by atoms with Gasteiger partial charge < -0.3 is 10.5 Å². The van der Waals surface area contributed by atoms with Gasteiger partial charge in [0.15, 0.2) is 0 Å². The number of aromatic nitrogens is 4. The summed E-state index contributed by atoms with van der Waals surface area (Å²) in [7, 11) is 1.75. The van der Waals surface area contributed by atoms with Crippen LogP contribution in [0.5, 0.6) is 5.75 Å². The number of fused-ring (bicyclic) bond motifs is 5. The number of rotatable bonds is 0. The second-order valence-electron chi connectivity index (χ2n) is 8.58. The predicted octanol–water partition coefficient (Wildman–Crippen LogP) is 3.67. The van der Waals surface area contributed by atoms with Crippen molar-refractivity contribution in [1.29, 1.82) is 5.26 Å². The molecular weight excluding hydrogens is 395 g/mol. The average molecular weight is 418 g/mol. The lowest BCUT2D eigenvalue weighted by Crippen LogP contribution is -2.23. The first-order chi connectivity index (χ1) is 14.9. The maximum atomic E-state index is 14.1. The number of nitrogens with zero attached hydrogens (tertiary/aromatic N) is 5. The standard InChI is InChI=1S/C23H23FN6O/c1-13-3-5-16-22(26)27-12-18(28-16)21-17(29-30(2)19(21)11-25)10-23(7-8-23)31-20-6-4-14(24)9-15(13)20/h4,6,9,12-13H,3,5,7-8,10H2,1-2H3,(H2,26,27)/t13-/m0/s1. The molecule has 0 radical (unpaired) electrons. The summed E-state index contributed by atoms with van der Waals surface area (Å²) in [5, 5.41) is 14.4. The summed E-state index contributed by atoms with van der Waals surface area (Å²) in [5.41, 5.74) is 9.66. The molecule has 1 saturated carbocycles. The average Bonchev–Trinajstić information content (AvgIpc) is 3.42. The molecule has 7 nitrogen and oxygen atoms in total. The molecule has 3 heterocycles. The SMILES string of the molecule is C[C@H]1CCc2nc(cnc2N)-c2c(nn(C)c2C#N)CC2(CC2)Oc2ccc(F)cc21. The van der Waals surface area contributed by atoms with Crippen LogP contribution < -0.4 is 10.5 Å². The minimum absolute atomic E-state index is 0.0453. The summed E-state index contributed by atoms with van der Waals surface area (Å²) in [4.78, 5) is 9.12. The molecule has 0 amide bonds. The number of nitriles is 1. The van der Waals surface area contributed by atoms with Gasteiger partial charge in [-0.1, -0.05) is 6.92 Å². The summed E-state index contributed by atoms with van der Waals surface area (Å²) < 4.78 is 22.2. The smallest absolute Gasteiger partial charge is 0.147 e. The highest BCUT2D eigenvalue weighted by Gasteiger charge is 2.47. The molecule has 0 saturated heterocycles. The van der Waals surface area contributed by atoms with Crippen molar-refractivity contribution in [2.75, 3.05) is 5.73 Å². The second-order valence-corrected chi connectivity index (χ2v) is 8.58. The number of anilines is 1. The number of hydrogen-bond donors (Lipinski definition) is 1. The van der Waals surface area contributed by atoms with E-state index in [1.807, 2.05) is 0 Å². The van der Waals surface area contributed by atoms with E-state index < -0.39 is 5.60 Å². The third-order valence-electron chi connectivity index (χ3n) is 6.30. The first-order valence-corrected chi connectivity index (χ1v) is 10.5. The van der Waals surface area contributed by atoms with Crippen LogP contribution in [0.4, 0.5) is 10.2 Å². The minimum Gasteiger partial charge on any atom is -0.487 e. The van der Waals surface area contributed by atoms with Gasteiger partial charge in [-0.25, -0.2) is 14.4 Å². The van der Waals surface area contributed by atoms with Gasteiger partial charge in [0, 0.05) is 13.5 Å². The van der Waals surface area contributed by atoms with Crippen LogP contribution in [0.3, 0.4) is 0 Å². The van der Waals surface area contributed by atoms with Crippen molar-refractivity contribution in [2.45, 2.75) is 50.5 Å². The van der Waals surface area contributed by atoms with Gasteiger partial charge in [0.05, 0.1) is 28.8 Å². The number of benzene rings is 1. The Kier molecular flexibility index (Phi) is 4.43. The van der Waals surface area contributed by atoms with Crippen molar-refractivity contribution in [3.63, 3.8) is 0 Å². The van der Waals surface area contributed by atoms with Gasteiger partial charge in [0.1, 0.15) is 34.7 Å². The lowest BCUT2D eigenvalue weighted by Gasteiger charge is -2.22. The summed E-state index contributed by atoms with van der Waals surface area (Å²) in [5.74, 6) is 0.831. The van der Waals surface area contributed by atoms with E-state index in [2.05, 4.69) is 23.1 Å². The molecule has 2 bridgehead atoms. The van der Waals surface area contributed by atoms with Crippen molar-refractivity contribution < 1.29 is 9.13 Å². The highest BCUT2D eigenvalue weighted by molar-refractivity contribution is 5.69. The van der Waals surface area contributed by atoms with Gasteiger partial charge in [0.2, 0.25) is 0 Å². The molecule has 31 heavy (non-hydrogen) atoms. The number of ether oxygens (including phenoxy) is 1. The van der Waals surface area contributed by atoms with Crippen LogP contribution in [0.25, 0.3) is 11.3 Å². The number of nitrogen functional groups attached to an aromatic ring is 1. The Morgan fingerprint density at radius 1 is 1.32 bits per heavy atom. The molecule has 8 heteroatoms. The quantitative estimate of drug-likeness (QED) is 0.597. The van der Waals surface area contributed by atoms with Gasteiger partial charge in [-0.05, 0) is 55.4 Å². The van der Waals surface area contributed by atoms with E-state index >= 15 is 0 Å². The van der Waals surface area contributed by atoms with E-state index in [4.69, 9.17) is 15.5 Å². The molecule has 1 aliphatic heterocycles. The second kappa shape index (κ2) is 7.05. The van der Waals surface area contributed by atoms with Crippen molar-refractivity contribution in [2.24, 2.45) is 7.05 Å². The third-order valence-corrected chi connectivity index (χ3v) is 6.30. The Labute approximate surface area is 179 Å². The number of halogens is 1. The maximum absolute atomic E-state index is 14.1. The summed E-state index contributed by atoms with van der Waals surface area (Å²) in [6.07, 6.45) is 5.16. The van der Waals surface area contributed by atoms with Crippen molar-refractivity contribution in [3.8, 4) is 23.1 Å². The molecular formula is C23H23FN6O. The molecule has 1 atom stereocenters. The molecule has 3 aromatic rings. The zero-order chi connectivity index (χ0) is 21.8. The summed E-state index contributed by atoms with van der Waals surface area (Å²) in [6.45, 7) is 2.05. The van der Waals surface area contributed by atoms with Crippen LogP contribution in [0.1, 0.15) is 54.7 Å². The van der Waals surface area contributed by atoms with Gasteiger partial charge in [0.25, 0.3) is 0 Å². The zero-order valence-corrected chi connectivity index (χ0v) is 17.5. The molecule has 2 aliphatic rings. The molecule has 1 aromatic carbocycles. The summed E-state index contributed by atoms with van der Waals surface area (Å²) in [6, 6.07) is 6.96. The molecule has 0 unspecified atom stereocenters. The number of nitrogens with two attached hydrogens (primary N) is 1. The fourth-order valence-corrected chi connectivity index (χ4v) is 4.34. The van der Waals surface area contributed by atoms with E-state index in [0.717, 1.165) is 24.1 Å². The van der Waals surface area contributed by atoms with E-state index in [0.29, 0.717) is 53.5 Å². The fourth-order valence-electron chi connectivity index (χ4n) is 4.34. The van der Waals surface area contributed by atoms with E-state index in [-0.39, 0.29) is 11.7 Å². The maximum Gasteiger partial charge on any atom is 0.147 e. The Bertz CT molecular complexity index is 1220. The van der Waals surface area contributed by atoms with Crippen LogP contribution in [-0.4, -0.2) is 25.3 Å². The van der Waals surface area contributed by atoms with Crippen molar-refractivity contribution >= 4 is 5.82 Å². The minimum atomic E-state index is -0.416. The van der Waals surface area contributed by atoms with Crippen molar-refractivity contribution in [1.82, 2.24) is 19.7 Å². The van der Waals surface area contributed by atoms with Crippen LogP contribution in [0.2, 0.25) is 0 Å². The fraction of sp³-hybridized carbons (Fsp3) is 0.391. The first-order valence-electron chi connectivity index (χ1n) is 10.5. The monoisotopic (exact) mass is 418 g/mol. The molecule has 1 aliphatic carbocycles. The predicted molar refractivity (Wildman–Crippen MR) is 113 cm³/mol. The zero-order valence-electron chi connectivity index (χ0n) is 17.5. The van der Waals surface area contributed by atoms with Crippen LogP contribution in [0, 0.1) is 17.1 Å². The largest absolute Gasteiger partial charge is 0.487 e. The van der Waals surface area contributed by atoms with Gasteiger partial charge in [-0.15, -0.1) is 0 Å². The first kappa shape index (κ1) is 19.5.